The number of nitrogens with one attached hydrogen (secondary N) is 1. The van der Waals surface area contributed by atoms with Gasteiger partial charge >= 0.3 is 0 Å². The monoisotopic (exact) mass is 398 g/mol. The Morgan fingerprint density at radius 2 is 1.89 bits per heavy atom. The molecule has 0 unspecified atom stereocenters. The molecule has 28 heavy (non-hydrogen) atoms. The van der Waals surface area contributed by atoms with E-state index in [2.05, 4.69) is 5.32 Å². The van der Waals surface area contributed by atoms with E-state index < -0.39 is 0 Å². The number of carbonyl (C=O) groups is 2. The van der Waals surface area contributed by atoms with E-state index in [0.29, 0.717) is 16.3 Å². The van der Waals surface area contributed by atoms with E-state index in [4.69, 9.17) is 4.74 Å². The zero-order valence-electron chi connectivity index (χ0n) is 15.2. The average Bonchev–Trinajstić information content (AvgIpc) is 3.22. The van der Waals surface area contributed by atoms with Gasteiger partial charge in [-0.25, -0.2) is 4.39 Å². The van der Waals surface area contributed by atoms with Crippen LogP contribution in [0.25, 0.3) is 0 Å². The quantitative estimate of drug-likeness (QED) is 0.650. The number of hydrogen-bond acceptors (Lipinski definition) is 4. The Kier molecular flexibility index (Phi) is 6.39. The minimum absolute atomic E-state index is 0.0581. The predicted molar refractivity (Wildman–Crippen MR) is 107 cm³/mol. The van der Waals surface area contributed by atoms with Gasteiger partial charge in [0.25, 0.3) is 5.91 Å². The molecule has 144 valence electrons. The number of amides is 2. The molecule has 0 aliphatic carbocycles. The standard InChI is InChI=1S/C21H19FN2O3S/c1-24(21(26)19-6-3-11-28-19)13-20(25)23-17-4-2-5-18(12-17)27-14-15-7-9-16(22)10-8-15/h2-12H,13-14H2,1H3,(H,23,25). The van der Waals surface area contributed by atoms with Crippen LogP contribution in [0.4, 0.5) is 10.1 Å². The highest BCUT2D eigenvalue weighted by Gasteiger charge is 2.15. The smallest absolute Gasteiger partial charge is 0.264 e. The first-order valence-corrected chi connectivity index (χ1v) is 9.45. The second kappa shape index (κ2) is 9.14. The molecule has 1 heterocycles. The molecule has 3 rings (SSSR count). The van der Waals surface area contributed by atoms with E-state index >= 15 is 0 Å². The lowest BCUT2D eigenvalue weighted by molar-refractivity contribution is -0.116. The summed E-state index contributed by atoms with van der Waals surface area (Å²) in [6, 6.07) is 16.6. The molecule has 5 nitrogen and oxygen atoms in total. The Bertz CT molecular complexity index is 943. The van der Waals surface area contributed by atoms with Gasteiger partial charge in [-0.3, -0.25) is 9.59 Å². The predicted octanol–water partition coefficient (Wildman–Crippen LogP) is 4.18. The zero-order chi connectivity index (χ0) is 19.9. The van der Waals surface area contributed by atoms with Crippen molar-refractivity contribution in [3.63, 3.8) is 0 Å². The van der Waals surface area contributed by atoms with Gasteiger partial charge in [-0.15, -0.1) is 11.3 Å². The first kappa shape index (κ1) is 19.6. The molecule has 7 heteroatoms. The van der Waals surface area contributed by atoms with Gasteiger partial charge in [-0.1, -0.05) is 24.3 Å². The Labute approximate surface area is 166 Å². The average molecular weight is 398 g/mol. The summed E-state index contributed by atoms with van der Waals surface area (Å²) in [5.41, 5.74) is 1.41. The molecule has 0 spiro atoms. The summed E-state index contributed by atoms with van der Waals surface area (Å²) in [5.74, 6) is -0.217. The maximum atomic E-state index is 12.9. The highest BCUT2D eigenvalue weighted by molar-refractivity contribution is 7.12. The summed E-state index contributed by atoms with van der Waals surface area (Å²) < 4.78 is 18.6. The third-order valence-corrected chi connectivity index (χ3v) is 4.75. The molecule has 0 aliphatic rings. The third kappa shape index (κ3) is 5.40. The molecule has 2 aromatic carbocycles. The number of benzene rings is 2. The molecule has 3 aromatic rings. The van der Waals surface area contributed by atoms with Crippen LogP contribution in [0.2, 0.25) is 0 Å². The number of nitrogens with zero attached hydrogens (tertiary/aromatic N) is 1. The van der Waals surface area contributed by atoms with E-state index in [9.17, 15) is 14.0 Å². The lowest BCUT2D eigenvalue weighted by Crippen LogP contribution is -2.34. The van der Waals surface area contributed by atoms with Gasteiger partial charge in [0, 0.05) is 18.8 Å². The second-order valence-corrected chi connectivity index (χ2v) is 7.08. The fourth-order valence-corrected chi connectivity index (χ4v) is 3.20. The number of thiophene rings is 1. The summed E-state index contributed by atoms with van der Waals surface area (Å²) in [6.45, 7) is 0.229. The van der Waals surface area contributed by atoms with Crippen molar-refractivity contribution in [1.82, 2.24) is 4.90 Å². The van der Waals surface area contributed by atoms with Crippen molar-refractivity contribution in [1.29, 1.82) is 0 Å². The van der Waals surface area contributed by atoms with Crippen LogP contribution in [0.1, 0.15) is 15.2 Å². The summed E-state index contributed by atoms with van der Waals surface area (Å²) >= 11 is 1.34. The molecular weight excluding hydrogens is 379 g/mol. The molecule has 1 N–H and O–H groups in total. The van der Waals surface area contributed by atoms with E-state index in [1.807, 2.05) is 5.38 Å². The van der Waals surface area contributed by atoms with Crippen LogP contribution in [0.15, 0.2) is 66.0 Å². The van der Waals surface area contributed by atoms with Crippen LogP contribution in [0, 0.1) is 5.82 Å². The Balaban J connectivity index is 1.54. The molecular formula is C21H19FN2O3S. The highest BCUT2D eigenvalue weighted by Crippen LogP contribution is 2.19. The van der Waals surface area contributed by atoms with E-state index in [1.54, 1.807) is 55.6 Å². The third-order valence-electron chi connectivity index (χ3n) is 3.90. The molecule has 0 aliphatic heterocycles. The van der Waals surface area contributed by atoms with Crippen LogP contribution in [0.3, 0.4) is 0 Å². The summed E-state index contributed by atoms with van der Waals surface area (Å²) in [6.07, 6.45) is 0. The molecule has 0 fully saturated rings. The van der Waals surface area contributed by atoms with Crippen LogP contribution in [0.5, 0.6) is 5.75 Å². The van der Waals surface area contributed by atoms with Crippen molar-refractivity contribution in [2.45, 2.75) is 6.61 Å². The lowest BCUT2D eigenvalue weighted by Gasteiger charge is -2.16. The van der Waals surface area contributed by atoms with Crippen molar-refractivity contribution in [3.05, 3.63) is 82.3 Å². The number of halogens is 1. The molecule has 1 aromatic heterocycles. The number of rotatable bonds is 7. The van der Waals surface area contributed by atoms with Crippen molar-refractivity contribution >= 4 is 28.8 Å². The van der Waals surface area contributed by atoms with Gasteiger partial charge < -0.3 is 15.0 Å². The van der Waals surface area contributed by atoms with E-state index in [1.165, 1.54) is 28.4 Å². The van der Waals surface area contributed by atoms with Gasteiger partial charge in [-0.05, 0) is 41.3 Å². The fraction of sp³-hybridized carbons (Fsp3) is 0.143. The molecule has 0 atom stereocenters. The van der Waals surface area contributed by atoms with Crippen molar-refractivity contribution in [2.75, 3.05) is 18.9 Å². The number of ether oxygens (including phenoxy) is 1. The SMILES string of the molecule is CN(CC(=O)Nc1cccc(OCc2ccc(F)cc2)c1)C(=O)c1cccs1. The van der Waals surface area contributed by atoms with Gasteiger partial charge in [0.1, 0.15) is 18.2 Å². The van der Waals surface area contributed by atoms with Gasteiger partial charge in [0.05, 0.1) is 11.4 Å². The molecule has 0 bridgehead atoms. The Morgan fingerprint density at radius 1 is 1.11 bits per heavy atom. The summed E-state index contributed by atoms with van der Waals surface area (Å²) in [4.78, 5) is 26.4. The summed E-state index contributed by atoms with van der Waals surface area (Å²) in [7, 11) is 1.59. The minimum atomic E-state index is -0.303. The first-order valence-electron chi connectivity index (χ1n) is 8.57. The lowest BCUT2D eigenvalue weighted by atomic mass is 10.2. The molecule has 2 amide bonds. The normalized spacial score (nSPS) is 10.4. The number of anilines is 1. The van der Waals surface area contributed by atoms with Crippen molar-refractivity contribution in [3.8, 4) is 5.75 Å². The van der Waals surface area contributed by atoms with Crippen LogP contribution >= 0.6 is 11.3 Å². The largest absolute Gasteiger partial charge is 0.489 e. The summed E-state index contributed by atoms with van der Waals surface area (Å²) in [5, 5.41) is 4.58. The number of likely N-dealkylation sites (N-methyl/N-ethyl adjacent to an activating group) is 1. The number of carbonyl (C=O) groups excluding carboxylic acids is 2. The Hall–Kier alpha value is -3.19. The van der Waals surface area contributed by atoms with Crippen LogP contribution in [-0.4, -0.2) is 30.3 Å². The maximum absolute atomic E-state index is 12.9. The molecule has 0 saturated carbocycles. The molecule has 0 saturated heterocycles. The molecule has 0 radical (unpaired) electrons. The zero-order valence-corrected chi connectivity index (χ0v) is 16.0. The van der Waals surface area contributed by atoms with Crippen molar-refractivity contribution in [2.24, 2.45) is 0 Å². The maximum Gasteiger partial charge on any atom is 0.264 e. The van der Waals surface area contributed by atoms with E-state index in [0.717, 1.165) is 5.56 Å². The highest BCUT2D eigenvalue weighted by atomic mass is 32.1. The van der Waals surface area contributed by atoms with E-state index in [-0.39, 0.29) is 30.8 Å². The Morgan fingerprint density at radius 3 is 2.61 bits per heavy atom. The van der Waals surface area contributed by atoms with Gasteiger partial charge in [0.15, 0.2) is 0 Å². The second-order valence-electron chi connectivity index (χ2n) is 6.13. The van der Waals surface area contributed by atoms with Crippen LogP contribution in [-0.2, 0) is 11.4 Å². The van der Waals surface area contributed by atoms with Gasteiger partial charge in [-0.2, -0.15) is 0 Å². The first-order chi connectivity index (χ1) is 13.5. The van der Waals surface area contributed by atoms with Gasteiger partial charge in [0.2, 0.25) is 5.91 Å². The fourth-order valence-electron chi connectivity index (χ4n) is 2.49. The topological polar surface area (TPSA) is 58.6 Å². The number of hydrogen-bond donors (Lipinski definition) is 1. The van der Waals surface area contributed by atoms with Crippen molar-refractivity contribution < 1.29 is 18.7 Å². The van der Waals surface area contributed by atoms with Crippen LogP contribution < -0.4 is 10.1 Å². The minimum Gasteiger partial charge on any atom is -0.489 e.